The highest BCUT2D eigenvalue weighted by Crippen LogP contribution is 2.25. The maximum absolute atomic E-state index is 13.3. The van der Waals surface area contributed by atoms with Crippen molar-refractivity contribution in [1.29, 1.82) is 0 Å². The highest BCUT2D eigenvalue weighted by atomic mass is 19.2. The second-order valence-corrected chi connectivity index (χ2v) is 9.27. The molecule has 1 aromatic carbocycles. The van der Waals surface area contributed by atoms with E-state index in [4.69, 9.17) is 4.74 Å². The van der Waals surface area contributed by atoms with Gasteiger partial charge in [0.25, 0.3) is 5.91 Å². The van der Waals surface area contributed by atoms with Crippen LogP contribution in [0.1, 0.15) is 31.1 Å². The smallest absolute Gasteiger partial charge is 0.254 e. The van der Waals surface area contributed by atoms with Crippen molar-refractivity contribution in [2.75, 3.05) is 25.0 Å². The maximum atomic E-state index is 13.3. The third-order valence-corrected chi connectivity index (χ3v) is 6.15. The Morgan fingerprint density at radius 2 is 1.84 bits per heavy atom. The minimum Gasteiger partial charge on any atom is -0.619 e. The largest absolute Gasteiger partial charge is 0.619 e. The average Bonchev–Trinajstić information content (AvgIpc) is 2.86. The Morgan fingerprint density at radius 1 is 1.11 bits per heavy atom. The summed E-state index contributed by atoms with van der Waals surface area (Å²) in [5, 5.41) is 14.0. The zero-order valence-electron chi connectivity index (χ0n) is 20.5. The summed E-state index contributed by atoms with van der Waals surface area (Å²) >= 11 is 0. The molecule has 0 aliphatic carbocycles. The van der Waals surface area contributed by atoms with E-state index in [9.17, 15) is 23.6 Å². The minimum absolute atomic E-state index is 0.0445. The Hall–Kier alpha value is -4.19. The van der Waals surface area contributed by atoms with Gasteiger partial charge in [-0.3, -0.25) is 14.5 Å². The average molecular weight is 513 g/mol. The topological polar surface area (TPSA) is 115 Å². The summed E-state index contributed by atoms with van der Waals surface area (Å²) in [4.78, 5) is 37.8. The first-order valence-electron chi connectivity index (χ1n) is 11.5. The second kappa shape index (κ2) is 10.4. The standard InChI is InChI=1S/C25H26F2N6O4/c1-16(31-10-11-33(25(2,3)15-31)24(35)17-6-8-32(36)9-7-17)23(34)30-21-13-29-22(14-28-21)37-18-4-5-19(26)20(27)12-18/h4-9,12-14,16H,10-11,15H2,1-3H3,(H,28,30,34)/t16-/m0/s1. The van der Waals surface area contributed by atoms with Crippen molar-refractivity contribution in [2.45, 2.75) is 32.4 Å². The fraction of sp³-hybridized carbons (Fsp3) is 0.320. The molecule has 0 saturated carbocycles. The lowest BCUT2D eigenvalue weighted by Crippen LogP contribution is -2.63. The number of aromatic nitrogens is 3. The van der Waals surface area contributed by atoms with Crippen molar-refractivity contribution >= 4 is 17.6 Å². The lowest BCUT2D eigenvalue weighted by atomic mass is 9.96. The monoisotopic (exact) mass is 512 g/mol. The van der Waals surface area contributed by atoms with Gasteiger partial charge in [0.2, 0.25) is 11.8 Å². The summed E-state index contributed by atoms with van der Waals surface area (Å²) in [5.74, 6) is -2.22. The van der Waals surface area contributed by atoms with Crippen LogP contribution in [0.15, 0.2) is 55.1 Å². The van der Waals surface area contributed by atoms with Crippen LogP contribution < -0.4 is 14.8 Å². The van der Waals surface area contributed by atoms with Gasteiger partial charge in [0.15, 0.2) is 29.8 Å². The third kappa shape index (κ3) is 5.97. The van der Waals surface area contributed by atoms with Gasteiger partial charge in [0, 0.05) is 37.8 Å². The van der Waals surface area contributed by atoms with E-state index >= 15 is 0 Å². The number of hydrogen-bond donors (Lipinski definition) is 1. The molecule has 0 bridgehead atoms. The number of pyridine rings is 1. The van der Waals surface area contributed by atoms with E-state index < -0.39 is 23.2 Å². The summed E-state index contributed by atoms with van der Waals surface area (Å²) in [6, 6.07) is 5.55. The number of anilines is 1. The molecule has 37 heavy (non-hydrogen) atoms. The van der Waals surface area contributed by atoms with Gasteiger partial charge in [0.05, 0.1) is 29.5 Å². The summed E-state index contributed by atoms with van der Waals surface area (Å²) in [6.07, 6.45) is 5.12. The van der Waals surface area contributed by atoms with Gasteiger partial charge in [-0.25, -0.2) is 18.7 Å². The zero-order valence-corrected chi connectivity index (χ0v) is 20.5. The van der Waals surface area contributed by atoms with E-state index in [-0.39, 0.29) is 29.3 Å². The van der Waals surface area contributed by atoms with Gasteiger partial charge in [0.1, 0.15) is 5.75 Å². The Bertz CT molecular complexity index is 1290. The van der Waals surface area contributed by atoms with Crippen molar-refractivity contribution in [1.82, 2.24) is 19.8 Å². The van der Waals surface area contributed by atoms with Crippen molar-refractivity contribution in [3.05, 3.63) is 77.5 Å². The number of benzene rings is 1. The molecule has 194 valence electrons. The van der Waals surface area contributed by atoms with Crippen LogP contribution in [-0.4, -0.2) is 62.8 Å². The van der Waals surface area contributed by atoms with Crippen LogP contribution in [0.4, 0.5) is 14.6 Å². The van der Waals surface area contributed by atoms with Crippen molar-refractivity contribution in [3.8, 4) is 11.6 Å². The van der Waals surface area contributed by atoms with Crippen molar-refractivity contribution in [2.24, 2.45) is 0 Å². The highest BCUT2D eigenvalue weighted by molar-refractivity contribution is 5.95. The molecule has 1 aliphatic rings. The Balaban J connectivity index is 1.34. The molecular weight excluding hydrogens is 486 g/mol. The molecule has 4 rings (SSSR count). The fourth-order valence-corrected chi connectivity index (χ4v) is 4.10. The van der Waals surface area contributed by atoms with Gasteiger partial charge in [-0.15, -0.1) is 0 Å². The van der Waals surface area contributed by atoms with Crippen LogP contribution in [0, 0.1) is 16.8 Å². The van der Waals surface area contributed by atoms with Crippen molar-refractivity contribution in [3.63, 3.8) is 0 Å². The summed E-state index contributed by atoms with van der Waals surface area (Å²) < 4.78 is 32.4. The number of ether oxygens (including phenoxy) is 1. The zero-order chi connectivity index (χ0) is 26.7. The predicted molar refractivity (Wildman–Crippen MR) is 129 cm³/mol. The molecule has 1 atom stereocenters. The molecule has 1 aliphatic heterocycles. The first-order chi connectivity index (χ1) is 17.5. The van der Waals surface area contributed by atoms with Crippen molar-refractivity contribution < 1.29 is 27.8 Å². The highest BCUT2D eigenvalue weighted by Gasteiger charge is 2.39. The molecular formula is C25H26F2N6O4. The van der Waals surface area contributed by atoms with E-state index in [1.54, 1.807) is 11.8 Å². The number of nitrogens with one attached hydrogen (secondary N) is 1. The predicted octanol–water partition coefficient (Wildman–Crippen LogP) is 2.74. The van der Waals surface area contributed by atoms with Gasteiger partial charge in [-0.2, -0.15) is 4.73 Å². The van der Waals surface area contributed by atoms with Crippen LogP contribution >= 0.6 is 0 Å². The molecule has 10 nitrogen and oxygen atoms in total. The Labute approximate surface area is 212 Å². The molecule has 1 N–H and O–H groups in total. The number of amides is 2. The lowest BCUT2D eigenvalue weighted by Gasteiger charge is -2.48. The number of hydrogen-bond acceptors (Lipinski definition) is 7. The van der Waals surface area contributed by atoms with Crippen LogP contribution in [0.3, 0.4) is 0 Å². The molecule has 1 fully saturated rings. The van der Waals surface area contributed by atoms with E-state index in [2.05, 4.69) is 15.3 Å². The second-order valence-electron chi connectivity index (χ2n) is 9.27. The lowest BCUT2D eigenvalue weighted by molar-refractivity contribution is -0.605. The number of piperazine rings is 1. The molecule has 3 heterocycles. The van der Waals surface area contributed by atoms with E-state index in [1.807, 2.05) is 18.7 Å². The molecule has 0 radical (unpaired) electrons. The molecule has 2 amide bonds. The number of rotatable bonds is 6. The van der Waals surface area contributed by atoms with E-state index in [0.717, 1.165) is 12.1 Å². The molecule has 2 aromatic heterocycles. The Kier molecular flexibility index (Phi) is 7.30. The molecule has 0 unspecified atom stereocenters. The van der Waals surface area contributed by atoms with Gasteiger partial charge >= 0.3 is 0 Å². The third-order valence-electron chi connectivity index (χ3n) is 6.15. The summed E-state index contributed by atoms with van der Waals surface area (Å²) in [7, 11) is 0. The number of carbonyl (C=O) groups is 2. The normalized spacial score (nSPS) is 16.2. The van der Waals surface area contributed by atoms with E-state index in [0.29, 0.717) is 29.9 Å². The quantitative estimate of drug-likeness (QED) is 0.399. The Morgan fingerprint density at radius 3 is 2.46 bits per heavy atom. The summed E-state index contributed by atoms with van der Waals surface area (Å²) in [5.41, 5.74) is -0.138. The molecule has 0 spiro atoms. The fourth-order valence-electron chi connectivity index (χ4n) is 4.10. The van der Waals surface area contributed by atoms with Gasteiger partial charge in [-0.1, -0.05) is 0 Å². The number of nitrogens with zero attached hydrogens (tertiary/aromatic N) is 5. The first-order valence-corrected chi connectivity index (χ1v) is 11.5. The summed E-state index contributed by atoms with van der Waals surface area (Å²) in [6.45, 7) is 6.96. The van der Waals surface area contributed by atoms with E-state index in [1.165, 1.54) is 43.0 Å². The number of halogens is 2. The van der Waals surface area contributed by atoms with Gasteiger partial charge in [-0.05, 0) is 32.9 Å². The van der Waals surface area contributed by atoms with Crippen LogP contribution in [0.2, 0.25) is 0 Å². The molecule has 3 aromatic rings. The molecule has 12 heteroatoms. The SMILES string of the molecule is C[C@@H](C(=O)Nc1cnc(Oc2ccc(F)c(F)c2)cn1)N1CCN(C(=O)c2cc[n+]([O-])cc2)C(C)(C)C1. The van der Waals surface area contributed by atoms with Crippen LogP contribution in [0.25, 0.3) is 0 Å². The number of carbonyl (C=O) groups excluding carboxylic acids is 2. The molecule has 1 saturated heterocycles. The maximum Gasteiger partial charge on any atom is 0.254 e. The van der Waals surface area contributed by atoms with Crippen LogP contribution in [-0.2, 0) is 4.79 Å². The van der Waals surface area contributed by atoms with Gasteiger partial charge < -0.3 is 20.2 Å². The van der Waals surface area contributed by atoms with Crippen LogP contribution in [0.5, 0.6) is 11.6 Å². The minimum atomic E-state index is -1.05. The first kappa shape index (κ1) is 25.9.